The predicted octanol–water partition coefficient (Wildman–Crippen LogP) is 7.04. The molecule has 4 nitrogen and oxygen atoms in total. The molecule has 2 aromatic heterocycles. The number of unbranched alkanes of at least 4 members (excludes halogenated alkanes) is 7. The third-order valence-electron chi connectivity index (χ3n) is 4.97. The molecular weight excluding hydrogens is 366 g/mol. The summed E-state index contributed by atoms with van der Waals surface area (Å²) in [5.41, 5.74) is 2.15. The summed E-state index contributed by atoms with van der Waals surface area (Å²) in [4.78, 5) is 11.5. The number of nitrogens with zero attached hydrogens (tertiary/aromatic N) is 3. The largest absolute Gasteiger partial charge is 0.443 e. The van der Waals surface area contributed by atoms with E-state index in [1.807, 2.05) is 6.07 Å². The van der Waals surface area contributed by atoms with E-state index in [2.05, 4.69) is 48.1 Å². The average molecular weight is 398 g/mol. The summed E-state index contributed by atoms with van der Waals surface area (Å²) in [6.07, 6.45) is 14.0. The zero-order valence-corrected chi connectivity index (χ0v) is 17.9. The summed E-state index contributed by atoms with van der Waals surface area (Å²) in [5.74, 6) is 0.592. The first-order valence-corrected chi connectivity index (χ1v) is 11.3. The molecule has 0 aliphatic carbocycles. The van der Waals surface area contributed by atoms with E-state index in [0.29, 0.717) is 5.89 Å². The van der Waals surface area contributed by atoms with Crippen LogP contribution in [0.4, 0.5) is 5.00 Å². The highest BCUT2D eigenvalue weighted by Crippen LogP contribution is 2.39. The minimum Gasteiger partial charge on any atom is -0.443 e. The molecule has 150 valence electrons. The van der Waals surface area contributed by atoms with Gasteiger partial charge >= 0.3 is 0 Å². The molecule has 2 heterocycles. The van der Waals surface area contributed by atoms with E-state index in [-0.39, 0.29) is 0 Å². The quantitative estimate of drug-likeness (QED) is 0.307. The summed E-state index contributed by atoms with van der Waals surface area (Å²) < 4.78 is 5.48. The van der Waals surface area contributed by atoms with Gasteiger partial charge < -0.3 is 9.32 Å². The van der Waals surface area contributed by atoms with Gasteiger partial charge in [0.05, 0.1) is 6.20 Å². The van der Waals surface area contributed by atoms with E-state index in [0.717, 1.165) is 22.8 Å². The minimum absolute atomic E-state index is 0.592. The molecule has 0 unspecified atom stereocenters. The maximum atomic E-state index is 5.48. The molecule has 0 radical (unpaired) electrons. The topological polar surface area (TPSA) is 42.2 Å². The first kappa shape index (κ1) is 20.6. The van der Waals surface area contributed by atoms with Crippen LogP contribution in [0.1, 0.15) is 58.3 Å². The van der Waals surface area contributed by atoms with Gasteiger partial charge in [-0.25, -0.2) is 9.97 Å². The molecule has 0 amide bonds. The van der Waals surface area contributed by atoms with Crippen molar-refractivity contribution in [1.29, 1.82) is 0 Å². The van der Waals surface area contributed by atoms with Crippen LogP contribution in [-0.2, 0) is 0 Å². The van der Waals surface area contributed by atoms with Gasteiger partial charge in [-0.05, 0) is 6.42 Å². The molecule has 0 N–H and O–H groups in total. The first-order chi connectivity index (χ1) is 13.8. The van der Waals surface area contributed by atoms with Crippen LogP contribution in [0.25, 0.3) is 22.2 Å². The third-order valence-corrected chi connectivity index (χ3v) is 6.12. The number of benzene rings is 1. The van der Waals surface area contributed by atoms with Crippen molar-refractivity contribution in [3.05, 3.63) is 42.8 Å². The lowest BCUT2D eigenvalue weighted by molar-refractivity contribution is 0.574. The van der Waals surface area contributed by atoms with Crippen LogP contribution < -0.4 is 4.90 Å². The fourth-order valence-electron chi connectivity index (χ4n) is 3.36. The highest BCUT2D eigenvalue weighted by atomic mass is 32.1. The molecule has 5 heteroatoms. The van der Waals surface area contributed by atoms with E-state index in [1.54, 1.807) is 23.8 Å². The van der Waals surface area contributed by atoms with Gasteiger partial charge in [-0.3, -0.25) is 0 Å². The van der Waals surface area contributed by atoms with Crippen LogP contribution in [0.3, 0.4) is 0 Å². The van der Waals surface area contributed by atoms with Gasteiger partial charge in [0.1, 0.15) is 17.0 Å². The Bertz CT molecular complexity index is 799. The summed E-state index contributed by atoms with van der Waals surface area (Å²) >= 11 is 1.66. The highest BCUT2D eigenvalue weighted by molar-refractivity contribution is 7.19. The minimum atomic E-state index is 0.592. The van der Waals surface area contributed by atoms with Gasteiger partial charge in [0.15, 0.2) is 5.01 Å². The van der Waals surface area contributed by atoms with Crippen LogP contribution in [0.15, 0.2) is 47.2 Å². The van der Waals surface area contributed by atoms with E-state index in [1.165, 1.54) is 56.4 Å². The van der Waals surface area contributed by atoms with Crippen molar-refractivity contribution in [2.45, 2.75) is 58.3 Å². The Labute approximate surface area is 172 Å². The Balaban J connectivity index is 1.61. The smallest absolute Gasteiger partial charge is 0.255 e. The van der Waals surface area contributed by atoms with E-state index in [4.69, 9.17) is 9.40 Å². The van der Waals surface area contributed by atoms with Crippen molar-refractivity contribution in [3.8, 4) is 22.2 Å². The van der Waals surface area contributed by atoms with Gasteiger partial charge in [0, 0.05) is 19.2 Å². The van der Waals surface area contributed by atoms with Crippen molar-refractivity contribution in [3.63, 3.8) is 0 Å². The first-order valence-electron chi connectivity index (χ1n) is 10.5. The Morgan fingerprint density at radius 3 is 2.36 bits per heavy atom. The summed E-state index contributed by atoms with van der Waals surface area (Å²) in [6.45, 7) is 3.31. The second-order valence-corrected chi connectivity index (χ2v) is 8.25. The number of hydrogen-bond donors (Lipinski definition) is 0. The molecule has 3 aromatic rings. The van der Waals surface area contributed by atoms with Gasteiger partial charge in [0.25, 0.3) is 5.89 Å². The van der Waals surface area contributed by atoms with Crippen molar-refractivity contribution in [1.82, 2.24) is 9.97 Å². The molecule has 0 saturated carbocycles. The van der Waals surface area contributed by atoms with Crippen LogP contribution in [0.5, 0.6) is 0 Å². The van der Waals surface area contributed by atoms with Crippen molar-refractivity contribution >= 4 is 16.3 Å². The zero-order valence-electron chi connectivity index (χ0n) is 17.1. The molecule has 3 rings (SSSR count). The van der Waals surface area contributed by atoms with Crippen LogP contribution in [-0.4, -0.2) is 23.6 Å². The molecule has 1 aromatic carbocycles. The molecule has 0 bridgehead atoms. The van der Waals surface area contributed by atoms with Crippen LogP contribution in [0.2, 0.25) is 0 Å². The lowest BCUT2D eigenvalue weighted by Crippen LogP contribution is -2.18. The zero-order chi connectivity index (χ0) is 19.6. The number of oxazole rings is 1. The number of aromatic nitrogens is 2. The standard InChI is InChI=1S/C23H31N3OS/c1-3-4-5-6-7-8-9-13-17-26(2)23-20(19-14-11-10-12-15-19)25-22(28-23)21-24-16-18-27-21/h10-12,14-16,18H,3-9,13,17H2,1-2H3. The van der Waals surface area contributed by atoms with Crippen LogP contribution in [0, 0.1) is 0 Å². The molecule has 0 aliphatic rings. The van der Waals surface area contributed by atoms with Crippen molar-refractivity contribution in [2.24, 2.45) is 0 Å². The number of thiazole rings is 1. The lowest BCUT2D eigenvalue weighted by Gasteiger charge is -2.18. The predicted molar refractivity (Wildman–Crippen MR) is 119 cm³/mol. The second kappa shape index (κ2) is 11.0. The fourth-order valence-corrected chi connectivity index (χ4v) is 4.38. The fraction of sp³-hybridized carbons (Fsp3) is 0.478. The second-order valence-electron chi connectivity index (χ2n) is 7.27. The summed E-state index contributed by atoms with van der Waals surface area (Å²) in [5, 5.41) is 2.02. The normalized spacial score (nSPS) is 11.1. The monoisotopic (exact) mass is 397 g/mol. The number of anilines is 1. The van der Waals surface area contributed by atoms with Gasteiger partial charge in [0.2, 0.25) is 0 Å². The molecule has 0 spiro atoms. The average Bonchev–Trinajstić information content (AvgIpc) is 3.40. The number of rotatable bonds is 12. The highest BCUT2D eigenvalue weighted by Gasteiger charge is 2.19. The molecule has 0 aliphatic heterocycles. The van der Waals surface area contributed by atoms with E-state index < -0.39 is 0 Å². The maximum absolute atomic E-state index is 5.48. The van der Waals surface area contributed by atoms with E-state index >= 15 is 0 Å². The summed E-state index contributed by atoms with van der Waals surface area (Å²) in [7, 11) is 2.17. The summed E-state index contributed by atoms with van der Waals surface area (Å²) in [6, 6.07) is 10.4. The van der Waals surface area contributed by atoms with Gasteiger partial charge in [-0.2, -0.15) is 0 Å². The lowest BCUT2D eigenvalue weighted by atomic mass is 10.1. The van der Waals surface area contributed by atoms with Crippen molar-refractivity contribution < 1.29 is 4.42 Å². The molecule has 0 saturated heterocycles. The number of hydrogen-bond acceptors (Lipinski definition) is 5. The third kappa shape index (κ3) is 5.68. The maximum Gasteiger partial charge on any atom is 0.255 e. The van der Waals surface area contributed by atoms with E-state index in [9.17, 15) is 0 Å². The molecule has 28 heavy (non-hydrogen) atoms. The Kier molecular flexibility index (Phi) is 8.09. The van der Waals surface area contributed by atoms with Crippen LogP contribution >= 0.6 is 11.3 Å². The molecular formula is C23H31N3OS. The SMILES string of the molecule is CCCCCCCCCCN(C)c1sc(-c2ncco2)nc1-c1ccccc1. The Morgan fingerprint density at radius 2 is 1.68 bits per heavy atom. The van der Waals surface area contributed by atoms with Gasteiger partial charge in [-0.15, -0.1) is 0 Å². The molecule has 0 fully saturated rings. The van der Waals surface area contributed by atoms with Crippen molar-refractivity contribution in [2.75, 3.05) is 18.5 Å². The Hall–Kier alpha value is -2.14. The Morgan fingerprint density at radius 1 is 0.964 bits per heavy atom. The molecule has 0 atom stereocenters. The van der Waals surface area contributed by atoms with Gasteiger partial charge in [-0.1, -0.05) is 93.5 Å².